The molecule has 0 heterocycles. The molecule has 29 heavy (non-hydrogen) atoms. The molecule has 0 spiro atoms. The number of hydrogen-bond acceptors (Lipinski definition) is 1. The summed E-state index contributed by atoms with van der Waals surface area (Å²) >= 11 is 0. The van der Waals surface area contributed by atoms with E-state index in [0.29, 0.717) is 12.0 Å². The summed E-state index contributed by atoms with van der Waals surface area (Å²) in [6.07, 6.45) is -8.97. The van der Waals surface area contributed by atoms with Gasteiger partial charge >= 0.3 is 29.9 Å². The van der Waals surface area contributed by atoms with Gasteiger partial charge in [0.15, 0.2) is 0 Å². The smallest absolute Gasteiger partial charge is 0.374 e. The number of rotatable bonds is 8. The van der Waals surface area contributed by atoms with Crippen LogP contribution < -0.4 is 0 Å². The lowest BCUT2D eigenvalue weighted by atomic mass is 9.84. The van der Waals surface area contributed by atoms with E-state index in [1.165, 1.54) is 24.3 Å². The van der Waals surface area contributed by atoms with Gasteiger partial charge in [-0.15, -0.1) is 0 Å². The van der Waals surface area contributed by atoms with E-state index < -0.39 is 41.9 Å². The first-order valence-corrected chi connectivity index (χ1v) is 8.03. The Labute approximate surface area is 158 Å². The van der Waals surface area contributed by atoms with Crippen LogP contribution in [-0.2, 0) is 16.8 Å². The Morgan fingerprint density at radius 3 is 1.52 bits per heavy atom. The van der Waals surface area contributed by atoms with Gasteiger partial charge < -0.3 is 4.74 Å². The average Bonchev–Trinajstić information content (AvgIpc) is 2.59. The Bertz CT molecular complexity index is 694. The predicted molar refractivity (Wildman–Crippen MR) is 80.6 cm³/mol. The van der Waals surface area contributed by atoms with Crippen LogP contribution in [0, 0.1) is 0 Å². The summed E-state index contributed by atoms with van der Waals surface area (Å²) in [6.45, 7) is 2.53. The van der Waals surface area contributed by atoms with Crippen molar-refractivity contribution >= 4 is 0 Å². The molecule has 0 aliphatic heterocycles. The van der Waals surface area contributed by atoms with Crippen LogP contribution in [0.1, 0.15) is 31.4 Å². The van der Waals surface area contributed by atoms with Gasteiger partial charge in [0.25, 0.3) is 0 Å². The first-order valence-electron chi connectivity index (χ1n) is 8.03. The molecule has 0 aromatic heterocycles. The number of hydrogen-bond donors (Lipinski definition) is 0. The Morgan fingerprint density at radius 1 is 0.724 bits per heavy atom. The van der Waals surface area contributed by atoms with Crippen molar-refractivity contribution in [2.75, 3.05) is 7.11 Å². The van der Waals surface area contributed by atoms with Crippen LogP contribution in [0.4, 0.5) is 48.3 Å². The highest BCUT2D eigenvalue weighted by molar-refractivity contribution is 5.28. The average molecular weight is 446 g/mol. The Hall–Kier alpha value is -1.59. The highest BCUT2D eigenvalue weighted by atomic mass is 19.4. The summed E-state index contributed by atoms with van der Waals surface area (Å²) in [5.74, 6) is -27.9. The fourth-order valence-electron chi connectivity index (χ4n) is 2.52. The van der Waals surface area contributed by atoms with E-state index in [0.717, 1.165) is 14.0 Å². The molecule has 0 amide bonds. The van der Waals surface area contributed by atoms with Gasteiger partial charge in [0.05, 0.1) is 12.0 Å². The summed E-state index contributed by atoms with van der Waals surface area (Å²) in [7, 11) is 0.768. The number of aryl methyl sites for hydroxylation is 1. The minimum atomic E-state index is -7.43. The standard InChI is InChI=1S/C17H17F11O/c1-4-10-5-7-11(8-6-10)12(2,29-3)9-13(18,19)14(20,21)15(22,23)16(24,25)17(26,27)28/h5-8H,4,9H2,1-3H3. The number of alkyl halides is 11. The quantitative estimate of drug-likeness (QED) is 0.409. The van der Waals surface area contributed by atoms with Gasteiger partial charge in [0.1, 0.15) is 0 Å². The maximum atomic E-state index is 14.1. The van der Waals surface area contributed by atoms with Crippen molar-refractivity contribution in [3.8, 4) is 0 Å². The van der Waals surface area contributed by atoms with Crippen LogP contribution in [0.2, 0.25) is 0 Å². The van der Waals surface area contributed by atoms with Crippen molar-refractivity contribution in [3.63, 3.8) is 0 Å². The molecule has 12 heteroatoms. The molecule has 0 N–H and O–H groups in total. The third-order valence-electron chi connectivity index (χ3n) is 4.59. The molecule has 1 aromatic rings. The summed E-state index contributed by atoms with van der Waals surface area (Å²) in [4.78, 5) is 0. The molecule has 0 saturated heterocycles. The van der Waals surface area contributed by atoms with E-state index in [2.05, 4.69) is 0 Å². The molecule has 0 bridgehead atoms. The lowest BCUT2D eigenvalue weighted by Crippen LogP contribution is -2.67. The summed E-state index contributed by atoms with van der Waals surface area (Å²) in [5, 5.41) is 0. The van der Waals surface area contributed by atoms with E-state index in [9.17, 15) is 48.3 Å². The van der Waals surface area contributed by atoms with Crippen molar-refractivity contribution in [1.29, 1.82) is 0 Å². The summed E-state index contributed by atoms with van der Waals surface area (Å²) < 4.78 is 150. The maximum Gasteiger partial charge on any atom is 0.460 e. The second-order valence-corrected chi connectivity index (χ2v) is 6.59. The van der Waals surface area contributed by atoms with Crippen molar-refractivity contribution in [3.05, 3.63) is 35.4 Å². The zero-order valence-electron chi connectivity index (χ0n) is 15.3. The maximum absolute atomic E-state index is 14.1. The van der Waals surface area contributed by atoms with Crippen LogP contribution in [-0.4, -0.2) is 37.0 Å². The zero-order chi connectivity index (χ0) is 23.1. The minimum Gasteiger partial charge on any atom is -0.374 e. The van der Waals surface area contributed by atoms with Crippen LogP contribution in [0.25, 0.3) is 0 Å². The normalized spacial score (nSPS) is 16.6. The molecular formula is C17H17F11O. The lowest BCUT2D eigenvalue weighted by molar-refractivity contribution is -0.424. The van der Waals surface area contributed by atoms with E-state index in [-0.39, 0.29) is 5.56 Å². The van der Waals surface area contributed by atoms with Crippen molar-refractivity contribution in [2.24, 2.45) is 0 Å². The third kappa shape index (κ3) is 4.17. The fourth-order valence-corrected chi connectivity index (χ4v) is 2.52. The van der Waals surface area contributed by atoms with Crippen LogP contribution in [0.3, 0.4) is 0 Å². The molecule has 1 unspecified atom stereocenters. The molecule has 0 fully saturated rings. The van der Waals surface area contributed by atoms with Crippen molar-refractivity contribution in [2.45, 2.75) is 62.2 Å². The zero-order valence-corrected chi connectivity index (χ0v) is 15.3. The first kappa shape index (κ1) is 25.4. The SMILES string of the molecule is CCc1ccc(C(C)(CC(F)(F)C(F)(F)C(F)(F)C(F)(F)C(F)(F)F)OC)cc1. The van der Waals surface area contributed by atoms with Gasteiger partial charge in [-0.1, -0.05) is 31.2 Å². The van der Waals surface area contributed by atoms with Crippen molar-refractivity contribution < 1.29 is 53.0 Å². The van der Waals surface area contributed by atoms with Crippen LogP contribution in [0.5, 0.6) is 0 Å². The fraction of sp³-hybridized carbons (Fsp3) is 0.647. The lowest BCUT2D eigenvalue weighted by Gasteiger charge is -2.40. The van der Waals surface area contributed by atoms with Gasteiger partial charge in [0.2, 0.25) is 0 Å². The molecular weight excluding hydrogens is 429 g/mol. The Balaban J connectivity index is 3.39. The van der Waals surface area contributed by atoms with Gasteiger partial charge in [-0.25, -0.2) is 0 Å². The second kappa shape index (κ2) is 7.59. The Morgan fingerprint density at radius 2 is 1.17 bits per heavy atom. The second-order valence-electron chi connectivity index (χ2n) is 6.59. The highest BCUT2D eigenvalue weighted by Gasteiger charge is 2.87. The predicted octanol–water partition coefficient (Wildman–Crippen LogP) is 6.60. The minimum absolute atomic E-state index is 0.196. The van der Waals surface area contributed by atoms with Gasteiger partial charge in [0, 0.05) is 7.11 Å². The van der Waals surface area contributed by atoms with Gasteiger partial charge in [-0.3, -0.25) is 0 Å². The number of ether oxygens (including phenoxy) is 1. The first-order chi connectivity index (χ1) is 12.8. The number of methoxy groups -OCH3 is 1. The molecule has 0 aliphatic rings. The molecule has 1 atom stereocenters. The van der Waals surface area contributed by atoms with Gasteiger partial charge in [-0.05, 0) is 24.5 Å². The molecule has 1 nitrogen and oxygen atoms in total. The third-order valence-corrected chi connectivity index (χ3v) is 4.59. The monoisotopic (exact) mass is 446 g/mol. The van der Waals surface area contributed by atoms with E-state index in [1.54, 1.807) is 6.92 Å². The molecule has 0 saturated carbocycles. The number of benzene rings is 1. The largest absolute Gasteiger partial charge is 0.460 e. The van der Waals surface area contributed by atoms with E-state index in [1.807, 2.05) is 0 Å². The highest BCUT2D eigenvalue weighted by Crippen LogP contribution is 2.59. The van der Waals surface area contributed by atoms with E-state index in [4.69, 9.17) is 4.74 Å². The molecule has 1 rings (SSSR count). The number of halogens is 11. The van der Waals surface area contributed by atoms with E-state index >= 15 is 0 Å². The Kier molecular flexibility index (Phi) is 6.66. The summed E-state index contributed by atoms with van der Waals surface area (Å²) in [5.41, 5.74) is -1.90. The molecule has 1 aromatic carbocycles. The molecule has 0 radical (unpaired) electrons. The van der Waals surface area contributed by atoms with Gasteiger partial charge in [-0.2, -0.15) is 48.3 Å². The molecule has 168 valence electrons. The van der Waals surface area contributed by atoms with Crippen LogP contribution >= 0.6 is 0 Å². The topological polar surface area (TPSA) is 9.23 Å². The molecule has 0 aliphatic carbocycles. The van der Waals surface area contributed by atoms with Crippen molar-refractivity contribution in [1.82, 2.24) is 0 Å². The van der Waals surface area contributed by atoms with Crippen LogP contribution in [0.15, 0.2) is 24.3 Å². The summed E-state index contributed by atoms with van der Waals surface area (Å²) in [6, 6.07) is 5.13.